The summed E-state index contributed by atoms with van der Waals surface area (Å²) in [7, 11) is 0. The Morgan fingerprint density at radius 3 is 2.53 bits per heavy atom. The first kappa shape index (κ1) is 22.9. The number of nitrogens with zero attached hydrogens (tertiary/aromatic N) is 3. The van der Waals surface area contributed by atoms with Crippen LogP contribution in [0.2, 0.25) is 5.02 Å². The highest BCUT2D eigenvalue weighted by molar-refractivity contribution is 8.24. The van der Waals surface area contributed by atoms with Gasteiger partial charge in [-0.25, -0.2) is 9.80 Å². The van der Waals surface area contributed by atoms with E-state index in [2.05, 4.69) is 10.4 Å². The van der Waals surface area contributed by atoms with Crippen molar-refractivity contribution in [2.24, 2.45) is 5.10 Å². The molecule has 1 heterocycles. The van der Waals surface area contributed by atoms with Gasteiger partial charge in [-0.3, -0.25) is 5.21 Å². The molecule has 1 aliphatic heterocycles. The third kappa shape index (κ3) is 5.28. The Morgan fingerprint density at radius 1 is 1.30 bits per heavy atom. The molecule has 10 heteroatoms. The number of anilines is 1. The van der Waals surface area contributed by atoms with E-state index in [0.717, 1.165) is 10.5 Å². The van der Waals surface area contributed by atoms with E-state index in [-0.39, 0.29) is 0 Å². The highest BCUT2D eigenvalue weighted by atomic mass is 35.5. The fourth-order valence-electron chi connectivity index (χ4n) is 2.87. The minimum atomic E-state index is -0.788. The van der Waals surface area contributed by atoms with E-state index in [9.17, 15) is 10.0 Å². The number of benzene rings is 2. The van der Waals surface area contributed by atoms with Crippen LogP contribution in [0, 0.1) is 0 Å². The van der Waals surface area contributed by atoms with Crippen molar-refractivity contribution in [2.45, 2.75) is 29.7 Å². The van der Waals surface area contributed by atoms with E-state index < -0.39 is 16.9 Å². The molecule has 158 valence electrons. The van der Waals surface area contributed by atoms with Crippen molar-refractivity contribution < 1.29 is 10.0 Å². The average molecular weight is 481 g/mol. The zero-order chi connectivity index (χ0) is 21.9. The van der Waals surface area contributed by atoms with Crippen LogP contribution in [0.3, 0.4) is 0 Å². The number of urea groups is 1. The number of carbonyl (C=O) groups excluding carboxylic acids is 1. The van der Waals surface area contributed by atoms with Crippen LogP contribution in [0.15, 0.2) is 58.5 Å². The molecular weight excluding hydrogens is 460 g/mol. The standard InChI is InChI=1S/C20H21ClN4O2S3/c1-20(2)17(25(27)18(26)23-15-8-6-14(21)7-9-15)24(19(28)30-20)22-12-13-4-10-16(29-3)11-5-13/h4-12,17,27H,1-3H3,(H,23,26)/b22-12-/t17-/m0/s1. The molecule has 2 N–H and O–H groups in total. The van der Waals surface area contributed by atoms with Crippen LogP contribution in [-0.2, 0) is 0 Å². The monoisotopic (exact) mass is 480 g/mol. The molecule has 3 rings (SSSR count). The summed E-state index contributed by atoms with van der Waals surface area (Å²) in [5.41, 5.74) is 1.40. The Kier molecular flexibility index (Phi) is 7.30. The van der Waals surface area contributed by atoms with Crippen LogP contribution in [0.1, 0.15) is 19.4 Å². The molecule has 30 heavy (non-hydrogen) atoms. The molecule has 1 fully saturated rings. The van der Waals surface area contributed by atoms with Crippen molar-refractivity contribution in [2.75, 3.05) is 11.6 Å². The molecule has 2 aromatic carbocycles. The first-order chi connectivity index (χ1) is 14.2. The van der Waals surface area contributed by atoms with Crippen LogP contribution in [0.4, 0.5) is 10.5 Å². The summed E-state index contributed by atoms with van der Waals surface area (Å²) in [4.78, 5) is 13.8. The smallest absolute Gasteiger partial charge is 0.306 e. The minimum Gasteiger partial charge on any atom is -0.306 e. The normalized spacial score (nSPS) is 18.1. The molecule has 1 saturated heterocycles. The quantitative estimate of drug-likeness (QED) is 0.186. The molecule has 1 aliphatic rings. The number of halogens is 1. The van der Waals surface area contributed by atoms with Gasteiger partial charge in [0, 0.05) is 15.6 Å². The van der Waals surface area contributed by atoms with Crippen molar-refractivity contribution >= 4 is 69.6 Å². The fraction of sp³-hybridized carbons (Fsp3) is 0.250. The summed E-state index contributed by atoms with van der Waals surface area (Å²) in [6.45, 7) is 3.80. The number of amides is 2. The summed E-state index contributed by atoms with van der Waals surface area (Å²) >= 11 is 14.4. The number of hydroxylamine groups is 2. The van der Waals surface area contributed by atoms with Gasteiger partial charge in [-0.15, -0.1) is 11.8 Å². The maximum absolute atomic E-state index is 12.7. The predicted molar refractivity (Wildman–Crippen MR) is 130 cm³/mol. The van der Waals surface area contributed by atoms with Gasteiger partial charge in [0.05, 0.1) is 11.0 Å². The lowest BCUT2D eigenvalue weighted by Gasteiger charge is -2.34. The number of nitrogens with one attached hydrogen (secondary N) is 1. The van der Waals surface area contributed by atoms with E-state index in [4.69, 9.17) is 23.8 Å². The Morgan fingerprint density at radius 2 is 1.93 bits per heavy atom. The van der Waals surface area contributed by atoms with Crippen molar-refractivity contribution in [1.82, 2.24) is 10.1 Å². The minimum absolute atomic E-state index is 0.473. The zero-order valence-electron chi connectivity index (χ0n) is 16.6. The van der Waals surface area contributed by atoms with Gasteiger partial charge >= 0.3 is 6.03 Å². The van der Waals surface area contributed by atoms with Gasteiger partial charge in [-0.05, 0) is 62.1 Å². The van der Waals surface area contributed by atoms with Gasteiger partial charge in [0.25, 0.3) is 0 Å². The summed E-state index contributed by atoms with van der Waals surface area (Å²) in [6.07, 6.45) is 2.89. The van der Waals surface area contributed by atoms with Gasteiger partial charge in [0.15, 0.2) is 10.5 Å². The fourth-order valence-corrected chi connectivity index (χ4v) is 5.19. The number of carbonyl (C=O) groups is 1. The molecule has 0 aromatic heterocycles. The predicted octanol–water partition coefficient (Wildman–Crippen LogP) is 5.76. The van der Waals surface area contributed by atoms with Gasteiger partial charge in [-0.1, -0.05) is 47.7 Å². The number of thiocarbonyl (C=S) groups is 1. The highest BCUT2D eigenvalue weighted by Gasteiger charge is 2.50. The summed E-state index contributed by atoms with van der Waals surface area (Å²) < 4.78 is -0.108. The van der Waals surface area contributed by atoms with Crippen molar-refractivity contribution in [1.29, 1.82) is 0 Å². The molecule has 0 unspecified atom stereocenters. The first-order valence-electron chi connectivity index (χ1n) is 8.96. The van der Waals surface area contributed by atoms with Gasteiger partial charge in [0.1, 0.15) is 0 Å². The Bertz CT molecular complexity index is 952. The number of hydrogen-bond donors (Lipinski definition) is 2. The SMILES string of the molecule is CSc1ccc(/C=N\N2C(=S)SC(C)(C)[C@@H]2N(O)C(=O)Nc2ccc(Cl)cc2)cc1. The maximum atomic E-state index is 12.7. The molecule has 0 spiro atoms. The molecule has 2 aromatic rings. The third-order valence-electron chi connectivity index (χ3n) is 4.37. The lowest BCUT2D eigenvalue weighted by molar-refractivity contribution is -0.114. The van der Waals surface area contributed by atoms with Gasteiger partial charge < -0.3 is 5.32 Å². The molecule has 0 saturated carbocycles. The van der Waals surface area contributed by atoms with E-state index in [1.54, 1.807) is 42.2 Å². The van der Waals surface area contributed by atoms with E-state index >= 15 is 0 Å². The molecule has 0 radical (unpaired) electrons. The summed E-state index contributed by atoms with van der Waals surface area (Å²) in [5, 5.41) is 20.5. The van der Waals surface area contributed by atoms with Crippen molar-refractivity contribution in [3.63, 3.8) is 0 Å². The second kappa shape index (κ2) is 9.57. The van der Waals surface area contributed by atoms with Crippen LogP contribution in [0.5, 0.6) is 0 Å². The second-order valence-electron chi connectivity index (χ2n) is 6.99. The number of thioether (sulfide) groups is 2. The van der Waals surface area contributed by atoms with Gasteiger partial charge in [-0.2, -0.15) is 10.2 Å². The Balaban J connectivity index is 1.79. The second-order valence-corrected chi connectivity index (χ2v) is 10.6. The molecule has 0 bridgehead atoms. The van der Waals surface area contributed by atoms with Crippen LogP contribution < -0.4 is 5.32 Å². The molecule has 6 nitrogen and oxygen atoms in total. The first-order valence-corrected chi connectivity index (χ1v) is 11.8. The van der Waals surface area contributed by atoms with E-state index in [1.165, 1.54) is 16.8 Å². The highest BCUT2D eigenvalue weighted by Crippen LogP contribution is 2.42. The largest absolute Gasteiger partial charge is 0.347 e. The van der Waals surface area contributed by atoms with Crippen LogP contribution in [-0.4, -0.2) is 49.0 Å². The van der Waals surface area contributed by atoms with Crippen molar-refractivity contribution in [3.8, 4) is 0 Å². The van der Waals surface area contributed by atoms with Gasteiger partial charge in [0.2, 0.25) is 0 Å². The average Bonchev–Trinajstić information content (AvgIpc) is 2.95. The van der Waals surface area contributed by atoms with Crippen LogP contribution in [0.25, 0.3) is 0 Å². The summed E-state index contributed by atoms with van der Waals surface area (Å²) in [5.74, 6) is 0. The molecule has 0 aliphatic carbocycles. The Hall–Kier alpha value is -1.78. The lowest BCUT2D eigenvalue weighted by atomic mass is 10.1. The topological polar surface area (TPSA) is 68.2 Å². The maximum Gasteiger partial charge on any atom is 0.347 e. The van der Waals surface area contributed by atoms with Crippen molar-refractivity contribution in [3.05, 3.63) is 59.1 Å². The van der Waals surface area contributed by atoms with Crippen LogP contribution >= 0.6 is 47.3 Å². The number of hydrogen-bond acceptors (Lipinski definition) is 6. The Labute approximate surface area is 194 Å². The molecule has 2 amide bonds. The zero-order valence-corrected chi connectivity index (χ0v) is 19.8. The molecule has 1 atom stereocenters. The number of rotatable bonds is 5. The van der Waals surface area contributed by atoms with E-state index in [0.29, 0.717) is 20.1 Å². The third-order valence-corrected chi connectivity index (χ3v) is 6.90. The number of hydrazone groups is 1. The molecular formula is C20H21ClN4O2S3. The lowest BCUT2D eigenvalue weighted by Crippen LogP contribution is -2.54. The van der Waals surface area contributed by atoms with E-state index in [1.807, 2.05) is 44.4 Å². The summed E-state index contributed by atoms with van der Waals surface area (Å²) in [6, 6.07) is 13.8.